The van der Waals surface area contributed by atoms with Crippen LogP contribution in [0.4, 0.5) is 0 Å². The number of benzene rings is 1. The molecule has 0 aliphatic heterocycles. The van der Waals surface area contributed by atoms with Crippen molar-refractivity contribution in [1.82, 2.24) is 9.78 Å². The molecule has 0 amide bonds. The van der Waals surface area contributed by atoms with Gasteiger partial charge in [-0.15, -0.1) is 11.3 Å². The van der Waals surface area contributed by atoms with Crippen LogP contribution in [0.3, 0.4) is 0 Å². The van der Waals surface area contributed by atoms with E-state index in [9.17, 15) is 0 Å². The van der Waals surface area contributed by atoms with E-state index in [0.717, 1.165) is 16.9 Å². The zero-order valence-electron chi connectivity index (χ0n) is 10.0. The van der Waals surface area contributed by atoms with Gasteiger partial charge in [-0.05, 0) is 57.8 Å². The van der Waals surface area contributed by atoms with Gasteiger partial charge in [0.05, 0.1) is 20.3 Å². The van der Waals surface area contributed by atoms with Gasteiger partial charge in [0.15, 0.2) is 0 Å². The van der Waals surface area contributed by atoms with Crippen molar-refractivity contribution in [2.24, 2.45) is 5.73 Å². The number of para-hydroxylation sites is 1. The zero-order chi connectivity index (χ0) is 13.2. The van der Waals surface area contributed by atoms with Gasteiger partial charge < -0.3 is 5.73 Å². The third-order valence-electron chi connectivity index (χ3n) is 2.94. The van der Waals surface area contributed by atoms with Crippen LogP contribution in [-0.2, 0) is 0 Å². The Morgan fingerprint density at radius 1 is 1.21 bits per heavy atom. The summed E-state index contributed by atoms with van der Waals surface area (Å²) in [5.74, 6) is 0. The molecule has 0 aliphatic carbocycles. The van der Waals surface area contributed by atoms with E-state index in [1.165, 1.54) is 2.88 Å². The highest BCUT2D eigenvalue weighted by molar-refractivity contribution is 14.1. The molecule has 96 valence electrons. The van der Waals surface area contributed by atoms with Crippen molar-refractivity contribution in [3.05, 3.63) is 68.2 Å². The summed E-state index contributed by atoms with van der Waals surface area (Å²) >= 11 is 4.02. The normalized spacial score (nSPS) is 12.5. The van der Waals surface area contributed by atoms with Crippen molar-refractivity contribution < 1.29 is 0 Å². The van der Waals surface area contributed by atoms with Gasteiger partial charge in [-0.25, -0.2) is 4.68 Å². The second-order valence-corrected chi connectivity index (χ2v) is 6.97. The second-order valence-electron chi connectivity index (χ2n) is 4.17. The molecule has 0 fully saturated rings. The molecule has 2 N–H and O–H groups in total. The minimum absolute atomic E-state index is 0.150. The maximum Gasteiger partial charge on any atom is 0.0736 e. The topological polar surface area (TPSA) is 43.8 Å². The molecule has 0 saturated carbocycles. The molecule has 2 heterocycles. The van der Waals surface area contributed by atoms with Crippen LogP contribution < -0.4 is 5.73 Å². The predicted octanol–water partition coefficient (Wildman–Crippen LogP) is 3.59. The van der Waals surface area contributed by atoms with Gasteiger partial charge >= 0.3 is 0 Å². The third-order valence-corrected chi connectivity index (χ3v) is 4.75. The number of rotatable bonds is 3. The lowest BCUT2D eigenvalue weighted by Gasteiger charge is -2.13. The van der Waals surface area contributed by atoms with Crippen LogP contribution in [0.25, 0.3) is 5.69 Å². The monoisotopic (exact) mass is 381 g/mol. The first kappa shape index (κ1) is 12.8. The fraction of sp³-hybridized carbons (Fsp3) is 0.0714. The minimum atomic E-state index is -0.150. The molecule has 0 aliphatic rings. The average Bonchev–Trinajstić information content (AvgIpc) is 3.07. The van der Waals surface area contributed by atoms with Crippen molar-refractivity contribution >= 4 is 33.9 Å². The molecule has 5 heteroatoms. The van der Waals surface area contributed by atoms with E-state index < -0.39 is 0 Å². The number of halogens is 1. The Labute approximate surface area is 129 Å². The Morgan fingerprint density at radius 3 is 2.68 bits per heavy atom. The van der Waals surface area contributed by atoms with Crippen LogP contribution >= 0.6 is 33.9 Å². The van der Waals surface area contributed by atoms with E-state index in [0.29, 0.717) is 0 Å². The number of thiophene rings is 1. The molecule has 1 unspecified atom stereocenters. The van der Waals surface area contributed by atoms with E-state index >= 15 is 0 Å². The summed E-state index contributed by atoms with van der Waals surface area (Å²) in [6.07, 6.45) is 1.79. The Hall–Kier alpha value is -1.18. The van der Waals surface area contributed by atoms with Crippen LogP contribution in [0.2, 0.25) is 0 Å². The molecule has 2 aromatic heterocycles. The summed E-state index contributed by atoms with van der Waals surface area (Å²) in [6, 6.07) is 14.0. The molecule has 3 nitrogen and oxygen atoms in total. The lowest BCUT2D eigenvalue weighted by Crippen LogP contribution is -2.16. The maximum atomic E-state index is 6.35. The van der Waals surface area contributed by atoms with Crippen LogP contribution in [0, 0.1) is 2.88 Å². The first-order valence-electron chi connectivity index (χ1n) is 5.84. The van der Waals surface area contributed by atoms with E-state index in [-0.39, 0.29) is 6.04 Å². The Bertz CT molecular complexity index is 675. The lowest BCUT2D eigenvalue weighted by atomic mass is 10.1. The molecule has 0 bridgehead atoms. The summed E-state index contributed by atoms with van der Waals surface area (Å²) in [5.41, 5.74) is 9.52. The van der Waals surface area contributed by atoms with Gasteiger partial charge in [0.2, 0.25) is 0 Å². The Kier molecular flexibility index (Phi) is 3.67. The van der Waals surface area contributed by atoms with Crippen molar-refractivity contribution in [2.75, 3.05) is 0 Å². The SMILES string of the molecule is NC(c1csc(I)c1)c1ccnn1-c1ccccc1. The summed E-state index contributed by atoms with van der Waals surface area (Å²) in [7, 11) is 0. The zero-order valence-corrected chi connectivity index (χ0v) is 13.0. The van der Waals surface area contributed by atoms with Crippen molar-refractivity contribution in [1.29, 1.82) is 0 Å². The fourth-order valence-electron chi connectivity index (χ4n) is 1.99. The van der Waals surface area contributed by atoms with E-state index in [1.54, 1.807) is 17.5 Å². The van der Waals surface area contributed by atoms with Gasteiger partial charge in [0, 0.05) is 6.20 Å². The quantitative estimate of drug-likeness (QED) is 0.705. The number of hydrogen-bond acceptors (Lipinski definition) is 3. The first-order valence-corrected chi connectivity index (χ1v) is 7.80. The van der Waals surface area contributed by atoms with Crippen LogP contribution in [0.1, 0.15) is 17.3 Å². The van der Waals surface area contributed by atoms with Crippen LogP contribution in [0.15, 0.2) is 54.0 Å². The van der Waals surface area contributed by atoms with Crippen LogP contribution in [-0.4, -0.2) is 9.78 Å². The Morgan fingerprint density at radius 2 is 2.00 bits per heavy atom. The first-order chi connectivity index (χ1) is 9.25. The molecule has 0 radical (unpaired) electrons. The molecule has 1 aromatic carbocycles. The number of hydrogen-bond donors (Lipinski definition) is 1. The molecular weight excluding hydrogens is 369 g/mol. The average molecular weight is 381 g/mol. The largest absolute Gasteiger partial charge is 0.319 e. The number of nitrogens with two attached hydrogens (primary N) is 1. The minimum Gasteiger partial charge on any atom is -0.319 e. The van der Waals surface area contributed by atoms with Gasteiger partial charge in [0.1, 0.15) is 0 Å². The molecule has 0 saturated heterocycles. The molecule has 0 spiro atoms. The molecule has 1 atom stereocenters. The van der Waals surface area contributed by atoms with E-state index in [4.69, 9.17) is 5.73 Å². The van der Waals surface area contributed by atoms with Crippen LogP contribution in [0.5, 0.6) is 0 Å². The molecular formula is C14H12IN3S. The van der Waals surface area contributed by atoms with Gasteiger partial charge in [-0.2, -0.15) is 5.10 Å². The molecule has 3 rings (SSSR count). The van der Waals surface area contributed by atoms with Gasteiger partial charge in [-0.1, -0.05) is 18.2 Å². The molecule has 3 aromatic rings. The second kappa shape index (κ2) is 5.44. The van der Waals surface area contributed by atoms with Crippen molar-refractivity contribution in [2.45, 2.75) is 6.04 Å². The van der Waals surface area contributed by atoms with Crippen molar-refractivity contribution in [3.8, 4) is 5.69 Å². The summed E-state index contributed by atoms with van der Waals surface area (Å²) in [4.78, 5) is 0. The smallest absolute Gasteiger partial charge is 0.0736 e. The Balaban J connectivity index is 2.01. The standard InChI is InChI=1S/C14H12IN3S/c15-13-8-10(9-19-13)14(16)12-6-7-17-18(12)11-4-2-1-3-5-11/h1-9,14H,16H2. The molecule has 19 heavy (non-hydrogen) atoms. The van der Waals surface area contributed by atoms with E-state index in [1.807, 2.05) is 41.1 Å². The lowest BCUT2D eigenvalue weighted by molar-refractivity contribution is 0.741. The third kappa shape index (κ3) is 2.58. The highest BCUT2D eigenvalue weighted by atomic mass is 127. The number of nitrogens with zero attached hydrogens (tertiary/aromatic N) is 2. The number of aromatic nitrogens is 2. The van der Waals surface area contributed by atoms with E-state index in [2.05, 4.69) is 39.1 Å². The maximum absolute atomic E-state index is 6.35. The summed E-state index contributed by atoms with van der Waals surface area (Å²) < 4.78 is 3.14. The van der Waals surface area contributed by atoms with Gasteiger partial charge in [-0.3, -0.25) is 0 Å². The highest BCUT2D eigenvalue weighted by Crippen LogP contribution is 2.26. The fourth-order valence-corrected chi connectivity index (χ4v) is 3.40. The van der Waals surface area contributed by atoms with Gasteiger partial charge in [0.25, 0.3) is 0 Å². The predicted molar refractivity (Wildman–Crippen MR) is 86.6 cm³/mol. The summed E-state index contributed by atoms with van der Waals surface area (Å²) in [6.45, 7) is 0. The summed E-state index contributed by atoms with van der Waals surface area (Å²) in [5, 5.41) is 6.48. The van der Waals surface area contributed by atoms with Crippen molar-refractivity contribution in [3.63, 3.8) is 0 Å². The highest BCUT2D eigenvalue weighted by Gasteiger charge is 2.16.